The molecule has 0 aliphatic rings. The fourth-order valence-electron chi connectivity index (χ4n) is 3.78. The second kappa shape index (κ2) is 10.5. The van der Waals surface area contributed by atoms with Crippen LogP contribution in [0.1, 0.15) is 17.0 Å². The van der Waals surface area contributed by atoms with Crippen molar-refractivity contribution in [1.29, 1.82) is 0 Å². The van der Waals surface area contributed by atoms with Crippen molar-refractivity contribution in [2.45, 2.75) is 24.5 Å². The molecule has 0 spiro atoms. The standard InChI is InChI=1S/C26H23F3N4O3S/c1-19-30-14-15-32(19)24-13-6-5-8-20(24)17-31-25(34)18-33(37(35,36)23-11-3-2-4-12-23)22-10-7-9-21(16-22)26(27,28)29/h2-16H,17-18H2,1H3,(H,31,34). The Morgan fingerprint density at radius 3 is 2.38 bits per heavy atom. The zero-order valence-electron chi connectivity index (χ0n) is 19.7. The van der Waals surface area contributed by atoms with E-state index in [9.17, 15) is 26.4 Å². The maximum absolute atomic E-state index is 13.4. The van der Waals surface area contributed by atoms with E-state index in [2.05, 4.69) is 10.3 Å². The number of imidazole rings is 1. The van der Waals surface area contributed by atoms with Gasteiger partial charge >= 0.3 is 6.18 Å². The normalized spacial score (nSPS) is 11.8. The molecule has 192 valence electrons. The lowest BCUT2D eigenvalue weighted by Crippen LogP contribution is -2.40. The van der Waals surface area contributed by atoms with E-state index in [1.807, 2.05) is 23.6 Å². The van der Waals surface area contributed by atoms with Crippen molar-refractivity contribution < 1.29 is 26.4 Å². The number of hydrogen-bond acceptors (Lipinski definition) is 4. The predicted molar refractivity (Wildman–Crippen MR) is 133 cm³/mol. The molecule has 7 nitrogen and oxygen atoms in total. The molecular formula is C26H23F3N4O3S. The van der Waals surface area contributed by atoms with Crippen molar-refractivity contribution in [1.82, 2.24) is 14.9 Å². The van der Waals surface area contributed by atoms with Gasteiger partial charge in [0.2, 0.25) is 5.91 Å². The summed E-state index contributed by atoms with van der Waals surface area (Å²) in [6.45, 7) is 1.18. The molecule has 0 aliphatic carbocycles. The first kappa shape index (κ1) is 26.0. The van der Waals surface area contributed by atoms with E-state index in [0.29, 0.717) is 10.4 Å². The highest BCUT2D eigenvalue weighted by atomic mass is 32.2. The number of para-hydroxylation sites is 1. The number of aromatic nitrogens is 2. The Hall–Kier alpha value is -4.12. The third-order valence-corrected chi connectivity index (χ3v) is 7.42. The fraction of sp³-hybridized carbons (Fsp3) is 0.154. The third kappa shape index (κ3) is 5.83. The number of aryl methyl sites for hydroxylation is 1. The van der Waals surface area contributed by atoms with E-state index in [1.54, 1.807) is 30.6 Å². The number of carbonyl (C=O) groups is 1. The number of halogens is 3. The number of hydrogen-bond donors (Lipinski definition) is 1. The monoisotopic (exact) mass is 528 g/mol. The van der Waals surface area contributed by atoms with Crippen LogP contribution in [0.4, 0.5) is 18.9 Å². The molecule has 0 aliphatic heterocycles. The average molecular weight is 529 g/mol. The number of alkyl halides is 3. The van der Waals surface area contributed by atoms with Gasteiger partial charge in [-0.2, -0.15) is 13.2 Å². The largest absolute Gasteiger partial charge is 0.416 e. The van der Waals surface area contributed by atoms with Crippen molar-refractivity contribution in [2.75, 3.05) is 10.8 Å². The fourth-order valence-corrected chi connectivity index (χ4v) is 5.21. The van der Waals surface area contributed by atoms with Crippen LogP contribution in [0.2, 0.25) is 0 Å². The molecule has 37 heavy (non-hydrogen) atoms. The summed E-state index contributed by atoms with van der Waals surface area (Å²) in [5.74, 6) is 0.0533. The van der Waals surface area contributed by atoms with Crippen LogP contribution in [-0.2, 0) is 27.5 Å². The van der Waals surface area contributed by atoms with Gasteiger partial charge in [0.15, 0.2) is 0 Å². The van der Waals surface area contributed by atoms with E-state index in [-0.39, 0.29) is 17.1 Å². The van der Waals surface area contributed by atoms with Gasteiger partial charge in [0.05, 0.1) is 21.8 Å². The zero-order valence-corrected chi connectivity index (χ0v) is 20.5. The van der Waals surface area contributed by atoms with Crippen molar-refractivity contribution in [3.63, 3.8) is 0 Å². The van der Waals surface area contributed by atoms with E-state index in [4.69, 9.17) is 0 Å². The molecule has 1 heterocycles. The van der Waals surface area contributed by atoms with Crippen LogP contribution < -0.4 is 9.62 Å². The Balaban J connectivity index is 1.62. The molecule has 4 rings (SSSR count). The third-order valence-electron chi connectivity index (χ3n) is 5.63. The number of rotatable bonds is 8. The van der Waals surface area contributed by atoms with Crippen molar-refractivity contribution in [2.24, 2.45) is 0 Å². The van der Waals surface area contributed by atoms with Gasteiger partial charge in [-0.1, -0.05) is 42.5 Å². The van der Waals surface area contributed by atoms with Crippen LogP contribution in [0.15, 0.2) is 96.2 Å². The van der Waals surface area contributed by atoms with Gasteiger partial charge in [-0.3, -0.25) is 9.10 Å². The van der Waals surface area contributed by atoms with Crippen LogP contribution in [0.5, 0.6) is 0 Å². The molecule has 1 amide bonds. The summed E-state index contributed by atoms with van der Waals surface area (Å²) in [4.78, 5) is 17.0. The minimum Gasteiger partial charge on any atom is -0.350 e. The van der Waals surface area contributed by atoms with Crippen molar-refractivity contribution >= 4 is 21.6 Å². The Kier molecular flexibility index (Phi) is 7.35. The van der Waals surface area contributed by atoms with Gasteiger partial charge in [-0.25, -0.2) is 13.4 Å². The molecule has 11 heteroatoms. The Bertz CT molecular complexity index is 1500. The molecule has 3 aromatic carbocycles. The van der Waals surface area contributed by atoms with E-state index < -0.39 is 34.2 Å². The number of sulfonamides is 1. The first-order chi connectivity index (χ1) is 17.6. The molecule has 0 saturated heterocycles. The van der Waals surface area contributed by atoms with Crippen LogP contribution in [-0.4, -0.2) is 30.4 Å². The summed E-state index contributed by atoms with van der Waals surface area (Å²) in [6.07, 6.45) is -1.26. The predicted octanol–water partition coefficient (Wildman–Crippen LogP) is 4.71. The Morgan fingerprint density at radius 2 is 1.70 bits per heavy atom. The smallest absolute Gasteiger partial charge is 0.350 e. The van der Waals surface area contributed by atoms with Crippen LogP contribution >= 0.6 is 0 Å². The van der Waals surface area contributed by atoms with Gasteiger partial charge in [0.1, 0.15) is 12.4 Å². The van der Waals surface area contributed by atoms with Gasteiger partial charge in [-0.15, -0.1) is 0 Å². The number of amides is 1. The topological polar surface area (TPSA) is 84.3 Å². The van der Waals surface area contributed by atoms with E-state index >= 15 is 0 Å². The van der Waals surface area contributed by atoms with Gasteiger partial charge in [-0.05, 0) is 48.9 Å². The first-order valence-corrected chi connectivity index (χ1v) is 12.6. The summed E-state index contributed by atoms with van der Waals surface area (Å²) in [6, 6.07) is 18.4. The molecule has 0 radical (unpaired) electrons. The first-order valence-electron chi connectivity index (χ1n) is 11.2. The van der Waals surface area contributed by atoms with Gasteiger partial charge in [0.25, 0.3) is 10.0 Å². The van der Waals surface area contributed by atoms with Crippen LogP contribution in [0.25, 0.3) is 5.69 Å². The summed E-state index contributed by atoms with van der Waals surface area (Å²) < 4.78 is 69.4. The molecule has 4 aromatic rings. The van der Waals surface area contributed by atoms with Crippen LogP contribution in [0.3, 0.4) is 0 Å². The number of anilines is 1. The highest BCUT2D eigenvalue weighted by molar-refractivity contribution is 7.92. The zero-order chi connectivity index (χ0) is 26.6. The lowest BCUT2D eigenvalue weighted by atomic mass is 10.1. The maximum Gasteiger partial charge on any atom is 0.416 e. The molecule has 1 N–H and O–H groups in total. The summed E-state index contributed by atoms with van der Waals surface area (Å²) in [5, 5.41) is 2.69. The number of carbonyl (C=O) groups excluding carboxylic acids is 1. The number of benzene rings is 3. The van der Waals surface area contributed by atoms with Crippen molar-refractivity contribution in [3.8, 4) is 5.69 Å². The molecular weight excluding hydrogens is 505 g/mol. The number of nitrogens with one attached hydrogen (secondary N) is 1. The summed E-state index contributed by atoms with van der Waals surface area (Å²) in [7, 11) is -4.35. The van der Waals surface area contributed by atoms with E-state index in [0.717, 1.165) is 29.2 Å². The molecule has 0 atom stereocenters. The molecule has 0 bridgehead atoms. The average Bonchev–Trinajstić information content (AvgIpc) is 3.31. The SMILES string of the molecule is Cc1nccn1-c1ccccc1CNC(=O)CN(c1cccc(C(F)(F)F)c1)S(=O)(=O)c1ccccc1. The van der Waals surface area contributed by atoms with Gasteiger partial charge in [0, 0.05) is 18.9 Å². The molecule has 0 unspecified atom stereocenters. The Morgan fingerprint density at radius 1 is 1.00 bits per heavy atom. The summed E-state index contributed by atoms with van der Waals surface area (Å²) >= 11 is 0. The second-order valence-electron chi connectivity index (χ2n) is 8.12. The minimum absolute atomic E-state index is 0.0639. The van der Waals surface area contributed by atoms with Gasteiger partial charge < -0.3 is 9.88 Å². The molecule has 1 aromatic heterocycles. The number of nitrogens with zero attached hydrogens (tertiary/aromatic N) is 3. The highest BCUT2D eigenvalue weighted by Crippen LogP contribution is 2.33. The minimum atomic E-state index is -4.68. The molecule has 0 saturated carbocycles. The highest BCUT2D eigenvalue weighted by Gasteiger charge is 2.33. The van der Waals surface area contributed by atoms with E-state index in [1.165, 1.54) is 30.3 Å². The van der Waals surface area contributed by atoms with Crippen LogP contribution in [0, 0.1) is 6.92 Å². The maximum atomic E-state index is 13.4. The Labute approximate surface area is 212 Å². The quantitative estimate of drug-likeness (QED) is 0.359. The molecule has 0 fully saturated rings. The van der Waals surface area contributed by atoms with Crippen molar-refractivity contribution in [3.05, 3.63) is 108 Å². The summed E-state index contributed by atoms with van der Waals surface area (Å²) in [5.41, 5.74) is 0.226. The second-order valence-corrected chi connectivity index (χ2v) is 9.99. The lowest BCUT2D eigenvalue weighted by Gasteiger charge is -2.25. The lowest BCUT2D eigenvalue weighted by molar-refractivity contribution is -0.137.